The lowest BCUT2D eigenvalue weighted by molar-refractivity contribution is 0.0997. The van der Waals surface area contributed by atoms with Gasteiger partial charge in [0.25, 0.3) is 5.91 Å². The van der Waals surface area contributed by atoms with Crippen molar-refractivity contribution in [3.63, 3.8) is 0 Å². The fraction of sp³-hybridized carbons (Fsp3) is 0.0909. The zero-order chi connectivity index (χ0) is 11.5. The molecule has 2 rings (SSSR count). The normalized spacial score (nSPS) is 10.1. The van der Waals surface area contributed by atoms with E-state index < -0.39 is 5.91 Å². The monoisotopic (exact) mass is 217 g/mol. The third-order valence-corrected chi connectivity index (χ3v) is 2.25. The highest BCUT2D eigenvalue weighted by atomic mass is 16.5. The van der Waals surface area contributed by atoms with Crippen molar-refractivity contribution in [2.24, 2.45) is 5.73 Å². The van der Waals surface area contributed by atoms with Crippen LogP contribution < -0.4 is 10.5 Å². The minimum absolute atomic E-state index is 0.367. The fourth-order valence-electron chi connectivity index (χ4n) is 1.46. The maximum absolute atomic E-state index is 11.1. The SMILES string of the molecule is COc1cc(-n2ccnc2)ccc1C(N)=O. The van der Waals surface area contributed by atoms with Gasteiger partial charge in [0.15, 0.2) is 0 Å². The Morgan fingerprint density at radius 2 is 2.31 bits per heavy atom. The number of carbonyl (C=O) groups is 1. The van der Waals surface area contributed by atoms with E-state index in [-0.39, 0.29) is 0 Å². The van der Waals surface area contributed by atoms with Crippen molar-refractivity contribution in [3.05, 3.63) is 42.5 Å². The number of hydrogen-bond donors (Lipinski definition) is 1. The van der Waals surface area contributed by atoms with Crippen LogP contribution in [0.3, 0.4) is 0 Å². The van der Waals surface area contributed by atoms with Gasteiger partial charge in [-0.3, -0.25) is 4.79 Å². The molecule has 0 radical (unpaired) electrons. The zero-order valence-corrected chi connectivity index (χ0v) is 8.75. The van der Waals surface area contributed by atoms with Gasteiger partial charge in [0, 0.05) is 18.5 Å². The lowest BCUT2D eigenvalue weighted by atomic mass is 10.1. The van der Waals surface area contributed by atoms with E-state index in [1.807, 2.05) is 4.57 Å². The highest BCUT2D eigenvalue weighted by Crippen LogP contribution is 2.21. The molecule has 0 spiro atoms. The average Bonchev–Trinajstić information content (AvgIpc) is 2.81. The van der Waals surface area contributed by atoms with Gasteiger partial charge < -0.3 is 15.0 Å². The first-order valence-electron chi connectivity index (χ1n) is 4.68. The number of nitrogens with two attached hydrogens (primary N) is 1. The number of rotatable bonds is 3. The molecule has 0 aliphatic carbocycles. The van der Waals surface area contributed by atoms with Gasteiger partial charge in [0.05, 0.1) is 24.7 Å². The summed E-state index contributed by atoms with van der Waals surface area (Å²) in [6, 6.07) is 5.16. The summed E-state index contributed by atoms with van der Waals surface area (Å²) in [5.74, 6) is -0.0484. The van der Waals surface area contributed by atoms with Gasteiger partial charge in [-0.1, -0.05) is 0 Å². The number of nitrogens with zero attached hydrogens (tertiary/aromatic N) is 2. The van der Waals surface area contributed by atoms with Crippen molar-refractivity contribution in [2.45, 2.75) is 0 Å². The van der Waals surface area contributed by atoms with Crippen LogP contribution in [0.5, 0.6) is 5.75 Å². The fourth-order valence-corrected chi connectivity index (χ4v) is 1.46. The third-order valence-electron chi connectivity index (χ3n) is 2.25. The van der Waals surface area contributed by atoms with Crippen molar-refractivity contribution < 1.29 is 9.53 Å². The topological polar surface area (TPSA) is 70.1 Å². The van der Waals surface area contributed by atoms with Crippen LogP contribution in [0.25, 0.3) is 5.69 Å². The summed E-state index contributed by atoms with van der Waals surface area (Å²) in [6.45, 7) is 0. The number of carbonyl (C=O) groups excluding carboxylic acids is 1. The van der Waals surface area contributed by atoms with Gasteiger partial charge in [-0.15, -0.1) is 0 Å². The molecule has 0 saturated carbocycles. The summed E-state index contributed by atoms with van der Waals surface area (Å²) >= 11 is 0. The maximum Gasteiger partial charge on any atom is 0.252 e. The van der Waals surface area contributed by atoms with E-state index >= 15 is 0 Å². The van der Waals surface area contributed by atoms with E-state index in [4.69, 9.17) is 10.5 Å². The number of imidazole rings is 1. The number of aromatic nitrogens is 2. The summed E-state index contributed by atoms with van der Waals surface area (Å²) in [6.07, 6.45) is 5.14. The first-order chi connectivity index (χ1) is 7.72. The van der Waals surface area contributed by atoms with Crippen LogP contribution in [-0.2, 0) is 0 Å². The number of ether oxygens (including phenoxy) is 1. The second-order valence-electron chi connectivity index (χ2n) is 3.22. The van der Waals surface area contributed by atoms with Gasteiger partial charge in [-0.2, -0.15) is 0 Å². The van der Waals surface area contributed by atoms with Gasteiger partial charge in [-0.05, 0) is 12.1 Å². The molecule has 0 bridgehead atoms. The molecule has 1 heterocycles. The summed E-state index contributed by atoms with van der Waals surface area (Å²) in [4.78, 5) is 15.0. The molecule has 1 aromatic carbocycles. The van der Waals surface area contributed by atoms with Gasteiger partial charge in [-0.25, -0.2) is 4.98 Å². The molecule has 0 unspecified atom stereocenters. The third kappa shape index (κ3) is 1.75. The van der Waals surface area contributed by atoms with Crippen LogP contribution in [0.4, 0.5) is 0 Å². The molecule has 5 nitrogen and oxygen atoms in total. The second kappa shape index (κ2) is 4.06. The van der Waals surface area contributed by atoms with E-state index in [1.165, 1.54) is 7.11 Å². The average molecular weight is 217 g/mol. The van der Waals surface area contributed by atoms with E-state index in [9.17, 15) is 4.79 Å². The Morgan fingerprint density at radius 3 is 2.88 bits per heavy atom. The number of methoxy groups -OCH3 is 1. The van der Waals surface area contributed by atoms with Crippen molar-refractivity contribution in [1.29, 1.82) is 0 Å². The Bertz CT molecular complexity index is 506. The first-order valence-corrected chi connectivity index (χ1v) is 4.68. The Kier molecular flexibility index (Phi) is 2.59. The van der Waals surface area contributed by atoms with E-state index in [2.05, 4.69) is 4.98 Å². The zero-order valence-electron chi connectivity index (χ0n) is 8.75. The predicted octanol–water partition coefficient (Wildman–Crippen LogP) is 0.980. The van der Waals surface area contributed by atoms with Crippen LogP contribution in [0.1, 0.15) is 10.4 Å². The molecule has 2 N–H and O–H groups in total. The van der Waals surface area contributed by atoms with Crippen molar-refractivity contribution in [2.75, 3.05) is 7.11 Å². The van der Waals surface area contributed by atoms with E-state index in [0.29, 0.717) is 11.3 Å². The standard InChI is InChI=1S/C11H11N3O2/c1-16-10-6-8(14-5-4-13-7-14)2-3-9(10)11(12)15/h2-7H,1H3,(H2,12,15). The Balaban J connectivity index is 2.49. The number of primary amides is 1. The predicted molar refractivity (Wildman–Crippen MR) is 58.6 cm³/mol. The van der Waals surface area contributed by atoms with Gasteiger partial charge in [0.2, 0.25) is 0 Å². The molecule has 0 aliphatic heterocycles. The smallest absolute Gasteiger partial charge is 0.252 e. The summed E-state index contributed by atoms with van der Waals surface area (Å²) < 4.78 is 6.92. The molecule has 82 valence electrons. The highest BCUT2D eigenvalue weighted by Gasteiger charge is 2.09. The molecule has 5 heteroatoms. The number of amides is 1. The van der Waals surface area contributed by atoms with Crippen molar-refractivity contribution in [3.8, 4) is 11.4 Å². The van der Waals surface area contributed by atoms with Crippen molar-refractivity contribution in [1.82, 2.24) is 9.55 Å². The molecular formula is C11H11N3O2. The molecule has 16 heavy (non-hydrogen) atoms. The second-order valence-corrected chi connectivity index (χ2v) is 3.22. The molecule has 0 fully saturated rings. The lowest BCUT2D eigenvalue weighted by Gasteiger charge is -2.08. The molecule has 1 aromatic heterocycles. The minimum atomic E-state index is -0.506. The summed E-state index contributed by atoms with van der Waals surface area (Å²) in [5.41, 5.74) is 6.45. The van der Waals surface area contributed by atoms with Crippen LogP contribution >= 0.6 is 0 Å². The first kappa shape index (κ1) is 10.2. The minimum Gasteiger partial charge on any atom is -0.496 e. The van der Waals surface area contributed by atoms with E-state index in [1.54, 1.807) is 36.9 Å². The molecule has 0 aliphatic rings. The molecule has 0 atom stereocenters. The maximum atomic E-state index is 11.1. The van der Waals surface area contributed by atoms with Crippen LogP contribution in [-0.4, -0.2) is 22.6 Å². The van der Waals surface area contributed by atoms with Crippen LogP contribution in [0, 0.1) is 0 Å². The highest BCUT2D eigenvalue weighted by molar-refractivity contribution is 5.95. The van der Waals surface area contributed by atoms with Crippen molar-refractivity contribution >= 4 is 5.91 Å². The summed E-state index contributed by atoms with van der Waals surface area (Å²) in [7, 11) is 1.50. The molecule has 1 amide bonds. The quantitative estimate of drug-likeness (QED) is 0.833. The summed E-state index contributed by atoms with van der Waals surface area (Å²) in [5, 5.41) is 0. The molecule has 2 aromatic rings. The van der Waals surface area contributed by atoms with Crippen LogP contribution in [0.15, 0.2) is 36.9 Å². The molecular weight excluding hydrogens is 206 g/mol. The molecule has 0 saturated heterocycles. The number of benzene rings is 1. The Hall–Kier alpha value is -2.30. The lowest BCUT2D eigenvalue weighted by Crippen LogP contribution is -2.12. The Morgan fingerprint density at radius 1 is 1.50 bits per heavy atom. The van der Waals surface area contributed by atoms with E-state index in [0.717, 1.165) is 5.69 Å². The van der Waals surface area contributed by atoms with Crippen LogP contribution in [0.2, 0.25) is 0 Å². The number of hydrogen-bond acceptors (Lipinski definition) is 3. The van der Waals surface area contributed by atoms with Gasteiger partial charge in [0.1, 0.15) is 5.75 Å². The van der Waals surface area contributed by atoms with Gasteiger partial charge >= 0.3 is 0 Å². The largest absolute Gasteiger partial charge is 0.496 e. The Labute approximate surface area is 92.5 Å².